The highest BCUT2D eigenvalue weighted by Gasteiger charge is 2.22. The molecule has 0 unspecified atom stereocenters. The molecule has 0 bridgehead atoms. The molecule has 2 amide bonds. The Morgan fingerprint density at radius 1 is 1.31 bits per heavy atom. The second-order valence-corrected chi connectivity index (χ2v) is 6.78. The molecule has 0 spiro atoms. The summed E-state index contributed by atoms with van der Waals surface area (Å²) >= 11 is 0. The van der Waals surface area contributed by atoms with E-state index in [2.05, 4.69) is 15.6 Å². The average Bonchev–Trinajstić information content (AvgIpc) is 2.96. The normalized spacial score (nSPS) is 15.2. The minimum Gasteiger partial charge on any atom is -0.442 e. The van der Waals surface area contributed by atoms with Crippen LogP contribution in [0, 0.1) is 6.92 Å². The van der Waals surface area contributed by atoms with Gasteiger partial charge in [0.1, 0.15) is 17.5 Å². The average molecular weight is 360 g/mol. The minimum atomic E-state index is -0.434. The van der Waals surface area contributed by atoms with Crippen molar-refractivity contribution in [1.29, 1.82) is 0 Å². The van der Waals surface area contributed by atoms with Gasteiger partial charge < -0.3 is 19.6 Å². The van der Waals surface area contributed by atoms with Gasteiger partial charge in [-0.25, -0.2) is 4.98 Å². The van der Waals surface area contributed by atoms with Gasteiger partial charge in [0.2, 0.25) is 11.6 Å². The van der Waals surface area contributed by atoms with Crippen molar-refractivity contribution in [2.75, 3.05) is 6.54 Å². The predicted octanol–water partition coefficient (Wildman–Crippen LogP) is 1.40. The maximum atomic E-state index is 12.5. The van der Waals surface area contributed by atoms with Crippen LogP contribution in [0.25, 0.3) is 11.1 Å². The van der Waals surface area contributed by atoms with Crippen molar-refractivity contribution in [2.24, 2.45) is 7.05 Å². The maximum Gasteiger partial charge on any atom is 0.265 e. The Morgan fingerprint density at radius 3 is 2.77 bits per heavy atom. The van der Waals surface area contributed by atoms with Crippen LogP contribution >= 0.6 is 0 Å². The lowest BCUT2D eigenvalue weighted by molar-refractivity contribution is -0.121. The van der Waals surface area contributed by atoms with E-state index >= 15 is 0 Å². The van der Waals surface area contributed by atoms with Crippen molar-refractivity contribution in [3.05, 3.63) is 28.0 Å². The van der Waals surface area contributed by atoms with Crippen molar-refractivity contribution in [1.82, 2.24) is 20.2 Å². The Balaban J connectivity index is 1.61. The van der Waals surface area contributed by atoms with E-state index in [1.807, 2.05) is 0 Å². The molecule has 0 atom stereocenters. The van der Waals surface area contributed by atoms with Crippen LogP contribution in [0.15, 0.2) is 15.5 Å². The number of nitrogens with one attached hydrogen (secondary N) is 2. The number of hydrogen-bond donors (Lipinski definition) is 2. The molecular formula is C18H24N4O4. The van der Waals surface area contributed by atoms with Crippen LogP contribution in [0.4, 0.5) is 0 Å². The number of fused-ring (bicyclic) bond motifs is 1. The largest absolute Gasteiger partial charge is 0.442 e. The third-order valence-corrected chi connectivity index (χ3v) is 4.78. The molecule has 2 aromatic heterocycles. The molecule has 140 valence electrons. The summed E-state index contributed by atoms with van der Waals surface area (Å²) in [6, 6.07) is 0.251. The van der Waals surface area contributed by atoms with Gasteiger partial charge in [-0.2, -0.15) is 0 Å². The van der Waals surface area contributed by atoms with Crippen LogP contribution in [-0.2, 0) is 11.8 Å². The molecule has 0 aromatic carbocycles. The highest BCUT2D eigenvalue weighted by molar-refractivity contribution is 6.06. The summed E-state index contributed by atoms with van der Waals surface area (Å²) in [5, 5.41) is 5.87. The summed E-state index contributed by atoms with van der Waals surface area (Å²) in [6.45, 7) is 1.82. The molecule has 0 radical (unpaired) electrons. The first-order chi connectivity index (χ1) is 12.5. The minimum absolute atomic E-state index is 0.0662. The first-order valence-electron chi connectivity index (χ1n) is 8.99. The molecule has 1 fully saturated rings. The predicted molar refractivity (Wildman–Crippen MR) is 96.0 cm³/mol. The summed E-state index contributed by atoms with van der Waals surface area (Å²) in [7, 11) is 1.56. The van der Waals surface area contributed by atoms with Gasteiger partial charge in [0.25, 0.3) is 11.5 Å². The Morgan fingerprint density at radius 2 is 2.04 bits per heavy atom. The van der Waals surface area contributed by atoms with E-state index < -0.39 is 5.91 Å². The zero-order valence-electron chi connectivity index (χ0n) is 15.1. The fraction of sp³-hybridized carbons (Fsp3) is 0.556. The number of rotatable bonds is 5. The second kappa shape index (κ2) is 7.72. The Labute approximate surface area is 151 Å². The van der Waals surface area contributed by atoms with Crippen LogP contribution in [0.5, 0.6) is 0 Å². The first kappa shape index (κ1) is 18.2. The van der Waals surface area contributed by atoms with Crippen LogP contribution in [0.3, 0.4) is 0 Å². The summed E-state index contributed by atoms with van der Waals surface area (Å²) in [5.74, 6) is -0.166. The molecule has 2 heterocycles. The van der Waals surface area contributed by atoms with Gasteiger partial charge in [0.05, 0.1) is 5.56 Å². The third-order valence-electron chi connectivity index (χ3n) is 4.78. The monoisotopic (exact) mass is 360 g/mol. The zero-order valence-corrected chi connectivity index (χ0v) is 15.1. The van der Waals surface area contributed by atoms with Gasteiger partial charge in [0.15, 0.2) is 0 Å². The fourth-order valence-electron chi connectivity index (χ4n) is 3.39. The lowest BCUT2D eigenvalue weighted by atomic mass is 9.95. The molecule has 3 rings (SSSR count). The number of amides is 2. The van der Waals surface area contributed by atoms with Crippen LogP contribution in [0.1, 0.15) is 54.6 Å². The van der Waals surface area contributed by atoms with Gasteiger partial charge in [-0.15, -0.1) is 0 Å². The smallest absolute Gasteiger partial charge is 0.265 e. The Hall–Kier alpha value is -2.64. The lowest BCUT2D eigenvalue weighted by Crippen LogP contribution is -2.38. The van der Waals surface area contributed by atoms with Gasteiger partial charge in [0, 0.05) is 26.1 Å². The third kappa shape index (κ3) is 3.79. The zero-order chi connectivity index (χ0) is 18.7. The molecular weight excluding hydrogens is 336 g/mol. The van der Waals surface area contributed by atoms with Crippen molar-refractivity contribution in [3.8, 4) is 0 Å². The quantitative estimate of drug-likeness (QED) is 0.838. The standard InChI is InChI=1S/C18H24N4O4/c1-11-14(15-17(26-11)20-10-22(2)18(15)25)16(24)19-9-8-13(23)21-12-6-4-3-5-7-12/h10,12H,3-9H2,1-2H3,(H,19,24)(H,21,23). The van der Waals surface area contributed by atoms with Crippen molar-refractivity contribution < 1.29 is 14.0 Å². The maximum absolute atomic E-state index is 12.5. The molecule has 2 N–H and O–H groups in total. The molecule has 1 saturated carbocycles. The number of nitrogens with zero attached hydrogens (tertiary/aromatic N) is 2. The molecule has 2 aromatic rings. The van der Waals surface area contributed by atoms with Crippen LogP contribution < -0.4 is 16.2 Å². The molecule has 1 aliphatic carbocycles. The summed E-state index contributed by atoms with van der Waals surface area (Å²) in [6.07, 6.45) is 7.13. The molecule has 8 nitrogen and oxygen atoms in total. The molecule has 1 aliphatic rings. The van der Waals surface area contributed by atoms with Crippen LogP contribution in [-0.4, -0.2) is 34.0 Å². The molecule has 8 heteroatoms. The number of aromatic nitrogens is 2. The number of carbonyl (C=O) groups is 2. The first-order valence-corrected chi connectivity index (χ1v) is 8.99. The van der Waals surface area contributed by atoms with E-state index in [0.29, 0.717) is 5.76 Å². The topological polar surface area (TPSA) is 106 Å². The number of hydrogen-bond acceptors (Lipinski definition) is 5. The summed E-state index contributed by atoms with van der Waals surface area (Å²) in [4.78, 5) is 40.8. The van der Waals surface area contributed by atoms with Crippen molar-refractivity contribution >= 4 is 22.9 Å². The second-order valence-electron chi connectivity index (χ2n) is 6.78. The van der Waals surface area contributed by atoms with Crippen LogP contribution in [0.2, 0.25) is 0 Å². The number of carbonyl (C=O) groups excluding carboxylic acids is 2. The fourth-order valence-corrected chi connectivity index (χ4v) is 3.39. The van der Waals surface area contributed by atoms with Crippen molar-refractivity contribution in [2.45, 2.75) is 51.5 Å². The molecule has 0 aliphatic heterocycles. The van der Waals surface area contributed by atoms with Gasteiger partial charge >= 0.3 is 0 Å². The van der Waals surface area contributed by atoms with Gasteiger partial charge in [-0.05, 0) is 19.8 Å². The molecule has 0 saturated heterocycles. The van der Waals surface area contributed by atoms with Crippen molar-refractivity contribution in [3.63, 3.8) is 0 Å². The number of aryl methyl sites for hydroxylation is 2. The van der Waals surface area contributed by atoms with E-state index in [0.717, 1.165) is 25.7 Å². The van der Waals surface area contributed by atoms with E-state index in [1.165, 1.54) is 17.3 Å². The van der Waals surface area contributed by atoms with E-state index in [4.69, 9.17) is 4.42 Å². The molecule has 26 heavy (non-hydrogen) atoms. The Kier molecular flexibility index (Phi) is 5.39. The van der Waals surface area contributed by atoms with Gasteiger partial charge in [-0.3, -0.25) is 14.4 Å². The Bertz CT molecular complexity index is 877. The lowest BCUT2D eigenvalue weighted by Gasteiger charge is -2.22. The summed E-state index contributed by atoms with van der Waals surface area (Å²) < 4.78 is 6.72. The summed E-state index contributed by atoms with van der Waals surface area (Å²) in [5.41, 5.74) is -0.0146. The van der Waals surface area contributed by atoms with Gasteiger partial charge in [-0.1, -0.05) is 19.3 Å². The van der Waals surface area contributed by atoms with E-state index in [9.17, 15) is 14.4 Å². The highest BCUT2D eigenvalue weighted by atomic mass is 16.3. The number of furan rings is 1. The highest BCUT2D eigenvalue weighted by Crippen LogP contribution is 2.20. The SMILES string of the molecule is Cc1oc2ncn(C)c(=O)c2c1C(=O)NCCC(=O)NC1CCCCC1. The van der Waals surface area contributed by atoms with E-state index in [-0.39, 0.29) is 47.1 Å². The van der Waals surface area contributed by atoms with E-state index in [1.54, 1.807) is 14.0 Å².